The fourth-order valence-corrected chi connectivity index (χ4v) is 2.70. The van der Waals surface area contributed by atoms with Crippen molar-refractivity contribution < 1.29 is 14.1 Å². The number of ether oxygens (including phenoxy) is 1. The van der Waals surface area contributed by atoms with Gasteiger partial charge in [0, 0.05) is 12.1 Å². The summed E-state index contributed by atoms with van der Waals surface area (Å²) in [6.07, 6.45) is -0.546. The zero-order chi connectivity index (χ0) is 16.4. The number of halogens is 1. The minimum Gasteiger partial charge on any atom is -0.479 e. The average molecular weight is 352 g/mol. The van der Waals surface area contributed by atoms with Crippen LogP contribution in [0.5, 0.6) is 5.75 Å². The zero-order valence-electron chi connectivity index (χ0n) is 11.8. The van der Waals surface area contributed by atoms with E-state index in [1.807, 2.05) is 17.5 Å². The molecule has 7 nitrogen and oxygen atoms in total. The van der Waals surface area contributed by atoms with Gasteiger partial charge >= 0.3 is 0 Å². The Morgan fingerprint density at radius 1 is 1.39 bits per heavy atom. The summed E-state index contributed by atoms with van der Waals surface area (Å²) < 4.78 is 11.2. The molecule has 2 heterocycles. The molecule has 2 aromatic heterocycles. The van der Waals surface area contributed by atoms with E-state index in [-0.39, 0.29) is 10.7 Å². The predicted molar refractivity (Wildman–Crippen MR) is 84.8 cm³/mol. The molecule has 3 aromatic rings. The Hall–Kier alpha value is -2.45. The predicted octanol–water partition coefficient (Wildman–Crippen LogP) is 4.50. The smallest absolute Gasteiger partial charge is 0.271 e. The van der Waals surface area contributed by atoms with Gasteiger partial charge in [-0.25, -0.2) is 0 Å². The molecular formula is C14H10ClN3O4S. The molecule has 1 atom stereocenters. The van der Waals surface area contributed by atoms with Crippen molar-refractivity contribution in [2.75, 3.05) is 0 Å². The molecule has 0 aliphatic heterocycles. The monoisotopic (exact) mass is 351 g/mol. The maximum absolute atomic E-state index is 10.7. The maximum Gasteiger partial charge on any atom is 0.271 e. The number of hydrogen-bond donors (Lipinski definition) is 0. The van der Waals surface area contributed by atoms with E-state index in [9.17, 15) is 10.1 Å². The topological polar surface area (TPSA) is 91.3 Å². The van der Waals surface area contributed by atoms with Crippen molar-refractivity contribution in [1.82, 2.24) is 10.2 Å². The van der Waals surface area contributed by atoms with Crippen LogP contribution in [0, 0.1) is 10.1 Å². The van der Waals surface area contributed by atoms with E-state index < -0.39 is 11.0 Å². The van der Waals surface area contributed by atoms with Crippen LogP contribution in [0.2, 0.25) is 5.02 Å². The fraction of sp³-hybridized carbons (Fsp3) is 0.143. The summed E-state index contributed by atoms with van der Waals surface area (Å²) in [6, 6.07) is 7.75. The van der Waals surface area contributed by atoms with Crippen molar-refractivity contribution in [3.8, 4) is 16.5 Å². The van der Waals surface area contributed by atoms with Gasteiger partial charge in [-0.3, -0.25) is 10.1 Å². The third-order valence-corrected chi connectivity index (χ3v) is 4.10. The molecule has 0 saturated heterocycles. The minimum atomic E-state index is -0.546. The van der Waals surface area contributed by atoms with Gasteiger partial charge < -0.3 is 9.15 Å². The summed E-state index contributed by atoms with van der Waals surface area (Å²) in [7, 11) is 0. The van der Waals surface area contributed by atoms with Gasteiger partial charge in [0.2, 0.25) is 0 Å². The van der Waals surface area contributed by atoms with E-state index >= 15 is 0 Å². The lowest BCUT2D eigenvalue weighted by molar-refractivity contribution is -0.384. The normalized spacial score (nSPS) is 12.1. The number of hydrogen-bond acceptors (Lipinski definition) is 7. The number of nitrogens with zero attached hydrogens (tertiary/aromatic N) is 3. The Balaban J connectivity index is 1.77. The summed E-state index contributed by atoms with van der Waals surface area (Å²) in [4.78, 5) is 11.0. The van der Waals surface area contributed by atoms with Crippen molar-refractivity contribution in [3.05, 3.63) is 56.7 Å². The second kappa shape index (κ2) is 6.35. The number of benzene rings is 1. The van der Waals surface area contributed by atoms with E-state index in [0.29, 0.717) is 17.5 Å². The molecule has 0 bridgehead atoms. The molecule has 118 valence electrons. The molecule has 0 amide bonds. The first-order valence-corrected chi connectivity index (χ1v) is 7.78. The number of rotatable bonds is 5. The molecule has 0 N–H and O–H groups in total. The van der Waals surface area contributed by atoms with Gasteiger partial charge in [-0.1, -0.05) is 17.7 Å². The Morgan fingerprint density at radius 2 is 2.22 bits per heavy atom. The van der Waals surface area contributed by atoms with Gasteiger partial charge in [-0.05, 0) is 24.4 Å². The van der Waals surface area contributed by atoms with Crippen molar-refractivity contribution >= 4 is 28.6 Å². The summed E-state index contributed by atoms with van der Waals surface area (Å²) >= 11 is 7.49. The number of nitro benzene ring substituents is 1. The van der Waals surface area contributed by atoms with Crippen LogP contribution in [-0.2, 0) is 0 Å². The molecule has 0 aliphatic carbocycles. The first kappa shape index (κ1) is 15.4. The molecular weight excluding hydrogens is 342 g/mol. The van der Waals surface area contributed by atoms with Crippen LogP contribution >= 0.6 is 22.9 Å². The molecule has 0 spiro atoms. The van der Waals surface area contributed by atoms with Crippen molar-refractivity contribution in [2.24, 2.45) is 0 Å². The summed E-state index contributed by atoms with van der Waals surface area (Å²) in [5.74, 6) is 1.02. The van der Waals surface area contributed by atoms with Crippen molar-refractivity contribution in [1.29, 1.82) is 0 Å². The van der Waals surface area contributed by atoms with Crippen molar-refractivity contribution in [3.63, 3.8) is 0 Å². The van der Waals surface area contributed by atoms with Crippen LogP contribution in [0.1, 0.15) is 18.9 Å². The van der Waals surface area contributed by atoms with E-state index in [4.69, 9.17) is 20.8 Å². The summed E-state index contributed by atoms with van der Waals surface area (Å²) in [5, 5.41) is 20.7. The third-order valence-electron chi connectivity index (χ3n) is 2.95. The number of thiophene rings is 1. The molecule has 0 unspecified atom stereocenters. The Kier molecular flexibility index (Phi) is 4.26. The molecule has 0 fully saturated rings. The van der Waals surface area contributed by atoms with E-state index in [0.717, 1.165) is 4.88 Å². The highest BCUT2D eigenvalue weighted by atomic mass is 35.5. The Bertz CT molecular complexity index is 834. The lowest BCUT2D eigenvalue weighted by atomic mass is 10.3. The van der Waals surface area contributed by atoms with Crippen LogP contribution in [0.25, 0.3) is 10.8 Å². The van der Waals surface area contributed by atoms with E-state index in [1.165, 1.54) is 29.5 Å². The quantitative estimate of drug-likeness (QED) is 0.496. The molecule has 3 rings (SSSR count). The molecule has 0 saturated carbocycles. The maximum atomic E-state index is 10.7. The van der Waals surface area contributed by atoms with Gasteiger partial charge in [0.15, 0.2) is 6.10 Å². The largest absolute Gasteiger partial charge is 0.479 e. The molecule has 0 aliphatic rings. The van der Waals surface area contributed by atoms with Gasteiger partial charge in [-0.15, -0.1) is 21.5 Å². The van der Waals surface area contributed by atoms with Gasteiger partial charge in [0.1, 0.15) is 5.75 Å². The van der Waals surface area contributed by atoms with E-state index in [1.54, 1.807) is 6.92 Å². The molecule has 9 heteroatoms. The Labute approximate surface area is 139 Å². The molecule has 23 heavy (non-hydrogen) atoms. The van der Waals surface area contributed by atoms with Gasteiger partial charge in [0.05, 0.1) is 14.8 Å². The highest BCUT2D eigenvalue weighted by molar-refractivity contribution is 7.13. The minimum absolute atomic E-state index is 0.104. The highest BCUT2D eigenvalue weighted by Gasteiger charge is 2.19. The second-order valence-corrected chi connectivity index (χ2v) is 5.91. The van der Waals surface area contributed by atoms with Gasteiger partial charge in [-0.2, -0.15) is 0 Å². The van der Waals surface area contributed by atoms with Crippen LogP contribution in [0.15, 0.2) is 40.1 Å². The van der Waals surface area contributed by atoms with Crippen LogP contribution in [0.4, 0.5) is 5.69 Å². The second-order valence-electron chi connectivity index (χ2n) is 4.55. The van der Waals surface area contributed by atoms with Gasteiger partial charge in [0.25, 0.3) is 17.5 Å². The summed E-state index contributed by atoms with van der Waals surface area (Å²) in [5.41, 5.74) is -0.104. The van der Waals surface area contributed by atoms with Crippen LogP contribution in [-0.4, -0.2) is 15.1 Å². The Morgan fingerprint density at radius 3 is 2.87 bits per heavy atom. The van der Waals surface area contributed by atoms with E-state index in [2.05, 4.69) is 10.2 Å². The first-order valence-electron chi connectivity index (χ1n) is 6.52. The fourth-order valence-electron chi connectivity index (χ4n) is 1.84. The lowest BCUT2D eigenvalue weighted by Crippen LogP contribution is -2.04. The number of non-ortho nitro benzene ring substituents is 1. The average Bonchev–Trinajstić information content (AvgIpc) is 3.19. The summed E-state index contributed by atoms with van der Waals surface area (Å²) in [6.45, 7) is 1.73. The third kappa shape index (κ3) is 3.33. The molecule has 1 aromatic carbocycles. The highest BCUT2D eigenvalue weighted by Crippen LogP contribution is 2.32. The SMILES string of the molecule is C[C@H](Oc1ccc([N+](=O)[O-])cc1Cl)c1nnc(-c2cccs2)o1. The number of aromatic nitrogens is 2. The molecule has 0 radical (unpaired) electrons. The zero-order valence-corrected chi connectivity index (χ0v) is 13.4. The van der Waals surface area contributed by atoms with Crippen LogP contribution in [0.3, 0.4) is 0 Å². The number of nitro groups is 1. The first-order chi connectivity index (χ1) is 11.0. The standard InChI is InChI=1S/C14H10ClN3O4S/c1-8(13-16-17-14(22-13)12-3-2-6-23-12)21-11-5-4-9(18(19)20)7-10(11)15/h2-8H,1H3/t8-/m0/s1. The van der Waals surface area contributed by atoms with Crippen molar-refractivity contribution in [2.45, 2.75) is 13.0 Å². The van der Waals surface area contributed by atoms with Crippen LogP contribution < -0.4 is 4.74 Å². The lowest BCUT2D eigenvalue weighted by Gasteiger charge is -2.11.